The topological polar surface area (TPSA) is 85.5 Å². The molecule has 6 heteroatoms. The van der Waals surface area contributed by atoms with E-state index in [1.165, 1.54) is 0 Å². The number of aromatic nitrogens is 1. The van der Waals surface area contributed by atoms with Crippen molar-refractivity contribution >= 4 is 11.8 Å². The Bertz CT molecular complexity index is 605. The van der Waals surface area contributed by atoms with Gasteiger partial charge in [0.15, 0.2) is 0 Å². The molecule has 2 aliphatic rings. The van der Waals surface area contributed by atoms with Crippen molar-refractivity contribution in [2.45, 2.75) is 38.6 Å². The molecule has 0 aliphatic carbocycles. The number of pyridine rings is 1. The summed E-state index contributed by atoms with van der Waals surface area (Å²) in [4.78, 5) is 31.0. The molecule has 1 unspecified atom stereocenters. The Morgan fingerprint density at radius 2 is 2.09 bits per heavy atom. The number of nitrogens with zero attached hydrogens (tertiary/aromatic N) is 2. The lowest BCUT2D eigenvalue weighted by molar-refractivity contribution is -0.134. The molecule has 3 heterocycles. The van der Waals surface area contributed by atoms with Crippen LogP contribution in [0.1, 0.15) is 41.6 Å². The zero-order chi connectivity index (χ0) is 16.4. The number of aryl methyl sites for hydroxylation is 1. The molecule has 0 bridgehead atoms. The molecule has 2 aliphatic heterocycles. The Labute approximate surface area is 136 Å². The van der Waals surface area contributed by atoms with Crippen molar-refractivity contribution in [2.75, 3.05) is 19.8 Å². The van der Waals surface area contributed by atoms with Gasteiger partial charge in [0, 0.05) is 37.6 Å². The highest BCUT2D eigenvalue weighted by molar-refractivity contribution is 5.98. The summed E-state index contributed by atoms with van der Waals surface area (Å²) in [5.74, 6) is -0.563. The molecular weight excluding hydrogens is 294 g/mol. The number of rotatable bonds is 2. The van der Waals surface area contributed by atoms with Crippen LogP contribution in [0, 0.1) is 12.3 Å². The minimum atomic E-state index is -0.563. The van der Waals surface area contributed by atoms with Crippen LogP contribution < -0.4 is 5.73 Å². The lowest BCUT2D eigenvalue weighted by Crippen LogP contribution is -2.61. The van der Waals surface area contributed by atoms with Crippen molar-refractivity contribution in [1.82, 2.24) is 9.88 Å². The lowest BCUT2D eigenvalue weighted by Gasteiger charge is -2.50. The van der Waals surface area contributed by atoms with Crippen LogP contribution in [0.2, 0.25) is 0 Å². The molecule has 2 N–H and O–H groups in total. The van der Waals surface area contributed by atoms with Crippen molar-refractivity contribution in [1.29, 1.82) is 0 Å². The number of nitrogens with two attached hydrogens (primary N) is 1. The SMILES string of the molecule is Cc1ccncc1C(=O)N1CCCC2(CCOCC2)C1C(N)=O. The Morgan fingerprint density at radius 1 is 1.35 bits per heavy atom. The molecule has 0 radical (unpaired) electrons. The maximum Gasteiger partial charge on any atom is 0.256 e. The van der Waals surface area contributed by atoms with Gasteiger partial charge in [-0.1, -0.05) is 0 Å². The normalized spacial score (nSPS) is 23.7. The molecule has 1 aromatic heterocycles. The lowest BCUT2D eigenvalue weighted by atomic mass is 9.67. The third-order valence-electron chi connectivity index (χ3n) is 5.25. The van der Waals surface area contributed by atoms with Gasteiger partial charge in [0.05, 0.1) is 5.56 Å². The highest BCUT2D eigenvalue weighted by atomic mass is 16.5. The maximum absolute atomic E-state index is 13.0. The van der Waals surface area contributed by atoms with Gasteiger partial charge in [-0.2, -0.15) is 0 Å². The molecule has 0 aromatic carbocycles. The number of piperidine rings is 1. The summed E-state index contributed by atoms with van der Waals surface area (Å²) in [5, 5.41) is 0. The summed E-state index contributed by atoms with van der Waals surface area (Å²) in [5.41, 5.74) is 6.89. The summed E-state index contributed by atoms with van der Waals surface area (Å²) in [6, 6.07) is 1.24. The number of hydrogen-bond acceptors (Lipinski definition) is 4. The first-order chi connectivity index (χ1) is 11.1. The quantitative estimate of drug-likeness (QED) is 0.890. The van der Waals surface area contributed by atoms with Gasteiger partial charge in [-0.3, -0.25) is 14.6 Å². The number of ether oxygens (including phenoxy) is 1. The van der Waals surface area contributed by atoms with Crippen molar-refractivity contribution in [2.24, 2.45) is 11.1 Å². The predicted octanol–water partition coefficient (Wildman–Crippen LogP) is 1.28. The van der Waals surface area contributed by atoms with Crippen LogP contribution in [0.25, 0.3) is 0 Å². The first-order valence-electron chi connectivity index (χ1n) is 8.14. The van der Waals surface area contributed by atoms with Gasteiger partial charge in [0.25, 0.3) is 5.91 Å². The Morgan fingerprint density at radius 3 is 2.74 bits per heavy atom. The predicted molar refractivity (Wildman–Crippen MR) is 84.7 cm³/mol. The molecule has 124 valence electrons. The highest BCUT2D eigenvalue weighted by Gasteiger charge is 2.50. The van der Waals surface area contributed by atoms with Gasteiger partial charge in [0.2, 0.25) is 5.91 Å². The molecule has 0 saturated carbocycles. The van der Waals surface area contributed by atoms with E-state index in [9.17, 15) is 9.59 Å². The first-order valence-corrected chi connectivity index (χ1v) is 8.14. The number of amides is 2. The summed E-state index contributed by atoms with van der Waals surface area (Å²) >= 11 is 0. The van der Waals surface area contributed by atoms with E-state index < -0.39 is 11.9 Å². The second-order valence-corrected chi connectivity index (χ2v) is 6.57. The van der Waals surface area contributed by atoms with Gasteiger partial charge < -0.3 is 15.4 Å². The number of carbonyl (C=O) groups is 2. The Balaban J connectivity index is 1.95. The summed E-state index contributed by atoms with van der Waals surface area (Å²) in [7, 11) is 0. The minimum Gasteiger partial charge on any atom is -0.381 e. The van der Waals surface area contributed by atoms with Gasteiger partial charge in [-0.25, -0.2) is 0 Å². The van der Waals surface area contributed by atoms with E-state index in [1.54, 1.807) is 23.4 Å². The van der Waals surface area contributed by atoms with Crippen LogP contribution in [-0.2, 0) is 9.53 Å². The zero-order valence-electron chi connectivity index (χ0n) is 13.5. The molecule has 23 heavy (non-hydrogen) atoms. The van der Waals surface area contributed by atoms with Crippen molar-refractivity contribution in [3.63, 3.8) is 0 Å². The largest absolute Gasteiger partial charge is 0.381 e. The van der Waals surface area contributed by atoms with Crippen LogP contribution in [0.5, 0.6) is 0 Å². The average molecular weight is 317 g/mol. The highest BCUT2D eigenvalue weighted by Crippen LogP contribution is 2.44. The molecule has 1 aromatic rings. The first kappa shape index (κ1) is 15.9. The molecule has 2 amide bonds. The van der Waals surface area contributed by atoms with Crippen LogP contribution in [0.4, 0.5) is 0 Å². The second-order valence-electron chi connectivity index (χ2n) is 6.57. The fraction of sp³-hybridized carbons (Fsp3) is 0.588. The fourth-order valence-corrected chi connectivity index (χ4v) is 4.02. The molecule has 2 saturated heterocycles. The number of primary amides is 1. The van der Waals surface area contributed by atoms with E-state index in [4.69, 9.17) is 10.5 Å². The summed E-state index contributed by atoms with van der Waals surface area (Å²) < 4.78 is 5.46. The Hall–Kier alpha value is -1.95. The smallest absolute Gasteiger partial charge is 0.256 e. The molecule has 6 nitrogen and oxygen atoms in total. The average Bonchev–Trinajstić information content (AvgIpc) is 2.55. The molecule has 1 atom stereocenters. The third-order valence-corrected chi connectivity index (χ3v) is 5.25. The molecule has 3 rings (SSSR count). The maximum atomic E-state index is 13.0. The molecule has 1 spiro atoms. The van der Waals surface area contributed by atoms with Crippen LogP contribution in [0.15, 0.2) is 18.5 Å². The Kier molecular flexibility index (Phi) is 4.35. The number of carbonyl (C=O) groups excluding carboxylic acids is 2. The van der Waals surface area contributed by atoms with E-state index in [1.807, 2.05) is 6.92 Å². The zero-order valence-corrected chi connectivity index (χ0v) is 13.5. The minimum absolute atomic E-state index is 0.148. The second kappa shape index (κ2) is 6.28. The van der Waals surface area contributed by atoms with E-state index >= 15 is 0 Å². The van der Waals surface area contributed by atoms with Crippen LogP contribution in [-0.4, -0.2) is 47.5 Å². The van der Waals surface area contributed by atoms with Crippen molar-refractivity contribution < 1.29 is 14.3 Å². The van der Waals surface area contributed by atoms with E-state index in [-0.39, 0.29) is 11.3 Å². The van der Waals surface area contributed by atoms with E-state index in [0.717, 1.165) is 31.2 Å². The van der Waals surface area contributed by atoms with Crippen LogP contribution in [0.3, 0.4) is 0 Å². The van der Waals surface area contributed by atoms with Gasteiger partial charge in [0.1, 0.15) is 6.04 Å². The number of hydrogen-bond donors (Lipinski definition) is 1. The van der Waals surface area contributed by atoms with Gasteiger partial charge >= 0.3 is 0 Å². The summed E-state index contributed by atoms with van der Waals surface area (Å²) in [6.45, 7) is 3.68. The van der Waals surface area contributed by atoms with E-state index in [2.05, 4.69) is 4.98 Å². The standard InChI is InChI=1S/C17H23N3O3/c1-12-3-7-19-11-13(12)16(22)20-8-2-4-17(14(20)15(18)21)5-9-23-10-6-17/h3,7,11,14H,2,4-6,8-10H2,1H3,(H2,18,21). The van der Waals surface area contributed by atoms with Gasteiger partial charge in [-0.05, 0) is 44.2 Å². The van der Waals surface area contributed by atoms with E-state index in [0.29, 0.717) is 25.3 Å². The van der Waals surface area contributed by atoms with Crippen LogP contribution >= 0.6 is 0 Å². The molecular formula is C17H23N3O3. The fourth-order valence-electron chi connectivity index (χ4n) is 4.02. The number of likely N-dealkylation sites (tertiary alicyclic amines) is 1. The van der Waals surface area contributed by atoms with Crippen molar-refractivity contribution in [3.8, 4) is 0 Å². The monoisotopic (exact) mass is 317 g/mol. The van der Waals surface area contributed by atoms with Gasteiger partial charge in [-0.15, -0.1) is 0 Å². The third kappa shape index (κ3) is 2.83. The van der Waals surface area contributed by atoms with Crippen molar-refractivity contribution in [3.05, 3.63) is 29.6 Å². The molecule has 2 fully saturated rings. The summed E-state index contributed by atoms with van der Waals surface area (Å²) in [6.07, 6.45) is 6.58.